The van der Waals surface area contributed by atoms with Crippen molar-refractivity contribution in [3.05, 3.63) is 34.1 Å². The Morgan fingerprint density at radius 2 is 2.41 bits per heavy atom. The van der Waals surface area contributed by atoms with Gasteiger partial charge in [0.2, 0.25) is 0 Å². The molecule has 2 rings (SSSR count). The predicted molar refractivity (Wildman–Crippen MR) is 69.5 cm³/mol. The molecule has 1 N–H and O–H groups in total. The Kier molecular flexibility index (Phi) is 4.54. The van der Waals surface area contributed by atoms with Crippen LogP contribution in [0.15, 0.2) is 22.7 Å². The predicted octanol–water partition coefficient (Wildman–Crippen LogP) is 3.42. The maximum absolute atomic E-state index is 13.0. The standard InChI is InChI=1S/C13H17BrFNO/c1-9(16-8-11-3-2-6-17-11)12-5-4-10(15)7-13(12)14/h4-5,7,9,11,16H,2-3,6,8H2,1H3. The lowest BCUT2D eigenvalue weighted by Gasteiger charge is -2.18. The van der Waals surface area contributed by atoms with E-state index in [1.54, 1.807) is 0 Å². The SMILES string of the molecule is CC(NCC1CCCO1)c1ccc(F)cc1Br. The fraction of sp³-hybridized carbons (Fsp3) is 0.538. The van der Waals surface area contributed by atoms with E-state index in [2.05, 4.69) is 28.2 Å². The second kappa shape index (κ2) is 5.94. The van der Waals surface area contributed by atoms with Crippen LogP contribution in [0, 0.1) is 5.82 Å². The average molecular weight is 302 g/mol. The van der Waals surface area contributed by atoms with Crippen LogP contribution in [0.1, 0.15) is 31.4 Å². The van der Waals surface area contributed by atoms with Crippen molar-refractivity contribution in [1.29, 1.82) is 0 Å². The van der Waals surface area contributed by atoms with Crippen molar-refractivity contribution in [1.82, 2.24) is 5.32 Å². The molecule has 4 heteroatoms. The monoisotopic (exact) mass is 301 g/mol. The van der Waals surface area contributed by atoms with Gasteiger partial charge >= 0.3 is 0 Å². The summed E-state index contributed by atoms with van der Waals surface area (Å²) in [6.45, 7) is 3.80. The van der Waals surface area contributed by atoms with Crippen molar-refractivity contribution in [2.75, 3.05) is 13.2 Å². The van der Waals surface area contributed by atoms with Crippen molar-refractivity contribution in [3.63, 3.8) is 0 Å². The number of rotatable bonds is 4. The molecule has 17 heavy (non-hydrogen) atoms. The van der Waals surface area contributed by atoms with Gasteiger partial charge in [-0.3, -0.25) is 0 Å². The Morgan fingerprint density at radius 1 is 1.59 bits per heavy atom. The van der Waals surface area contributed by atoms with Gasteiger partial charge in [-0.1, -0.05) is 22.0 Å². The Balaban J connectivity index is 1.91. The van der Waals surface area contributed by atoms with E-state index in [1.165, 1.54) is 12.1 Å². The first-order valence-electron chi connectivity index (χ1n) is 5.97. The van der Waals surface area contributed by atoms with E-state index in [-0.39, 0.29) is 11.9 Å². The first kappa shape index (κ1) is 13.0. The van der Waals surface area contributed by atoms with E-state index in [4.69, 9.17) is 4.74 Å². The quantitative estimate of drug-likeness (QED) is 0.920. The largest absolute Gasteiger partial charge is 0.377 e. The third kappa shape index (κ3) is 3.50. The number of benzene rings is 1. The first-order chi connectivity index (χ1) is 8.16. The van der Waals surface area contributed by atoms with Crippen molar-refractivity contribution >= 4 is 15.9 Å². The molecule has 2 atom stereocenters. The van der Waals surface area contributed by atoms with Crippen molar-refractivity contribution in [3.8, 4) is 0 Å². The molecule has 0 aromatic heterocycles. The van der Waals surface area contributed by atoms with Crippen LogP contribution in [-0.4, -0.2) is 19.3 Å². The highest BCUT2D eigenvalue weighted by Crippen LogP contribution is 2.24. The maximum atomic E-state index is 13.0. The number of ether oxygens (including phenoxy) is 1. The number of hydrogen-bond donors (Lipinski definition) is 1. The molecule has 94 valence electrons. The summed E-state index contributed by atoms with van der Waals surface area (Å²) in [5, 5.41) is 3.42. The minimum Gasteiger partial charge on any atom is -0.377 e. The molecule has 1 fully saturated rings. The van der Waals surface area contributed by atoms with E-state index in [9.17, 15) is 4.39 Å². The Hall–Kier alpha value is -0.450. The molecular weight excluding hydrogens is 285 g/mol. The highest BCUT2D eigenvalue weighted by atomic mass is 79.9. The van der Waals surface area contributed by atoms with Gasteiger partial charge in [-0.25, -0.2) is 4.39 Å². The van der Waals surface area contributed by atoms with Gasteiger partial charge in [0.1, 0.15) is 5.82 Å². The minimum absolute atomic E-state index is 0.189. The molecule has 1 aromatic rings. The molecule has 2 nitrogen and oxygen atoms in total. The summed E-state index contributed by atoms with van der Waals surface area (Å²) in [7, 11) is 0. The first-order valence-corrected chi connectivity index (χ1v) is 6.76. The van der Waals surface area contributed by atoms with E-state index < -0.39 is 0 Å². The van der Waals surface area contributed by atoms with E-state index in [1.807, 2.05) is 6.07 Å². The van der Waals surface area contributed by atoms with E-state index >= 15 is 0 Å². The van der Waals surface area contributed by atoms with E-state index in [0.717, 1.165) is 36.0 Å². The van der Waals surface area contributed by atoms with Crippen LogP contribution in [0.25, 0.3) is 0 Å². The second-order valence-corrected chi connectivity index (χ2v) is 5.29. The topological polar surface area (TPSA) is 21.3 Å². The molecule has 0 bridgehead atoms. The lowest BCUT2D eigenvalue weighted by Crippen LogP contribution is -2.28. The molecule has 1 aliphatic heterocycles. The normalized spacial score (nSPS) is 21.7. The molecule has 0 amide bonds. The smallest absolute Gasteiger partial charge is 0.124 e. The summed E-state index contributed by atoms with van der Waals surface area (Å²) in [5.74, 6) is -0.216. The molecule has 0 radical (unpaired) electrons. The van der Waals surface area contributed by atoms with Crippen LogP contribution in [0.4, 0.5) is 4.39 Å². The zero-order valence-electron chi connectivity index (χ0n) is 9.88. The Labute approximate surface area is 110 Å². The third-order valence-corrected chi connectivity index (χ3v) is 3.79. The second-order valence-electron chi connectivity index (χ2n) is 4.43. The molecule has 0 aliphatic carbocycles. The zero-order valence-corrected chi connectivity index (χ0v) is 11.5. The fourth-order valence-electron chi connectivity index (χ4n) is 2.08. The molecule has 1 saturated heterocycles. The highest BCUT2D eigenvalue weighted by Gasteiger charge is 2.17. The number of halogens is 2. The molecule has 1 heterocycles. The van der Waals surface area contributed by atoms with Crippen LogP contribution in [0.3, 0.4) is 0 Å². The van der Waals surface area contributed by atoms with Crippen LogP contribution >= 0.6 is 15.9 Å². The lowest BCUT2D eigenvalue weighted by molar-refractivity contribution is 0.108. The Bertz CT molecular complexity index is 380. The third-order valence-electron chi connectivity index (χ3n) is 3.10. The zero-order chi connectivity index (χ0) is 12.3. The summed E-state index contributed by atoms with van der Waals surface area (Å²) in [6.07, 6.45) is 2.61. The van der Waals surface area contributed by atoms with Crippen molar-refractivity contribution < 1.29 is 9.13 Å². The average Bonchev–Trinajstić information content (AvgIpc) is 2.78. The minimum atomic E-state index is -0.216. The molecule has 0 saturated carbocycles. The Morgan fingerprint density at radius 3 is 3.06 bits per heavy atom. The van der Waals surface area contributed by atoms with Gasteiger partial charge in [0.15, 0.2) is 0 Å². The fourth-order valence-corrected chi connectivity index (χ4v) is 2.77. The van der Waals surface area contributed by atoms with Crippen LogP contribution in [0.5, 0.6) is 0 Å². The summed E-state index contributed by atoms with van der Waals surface area (Å²) in [6, 6.07) is 4.99. The van der Waals surface area contributed by atoms with Gasteiger partial charge in [-0.05, 0) is 37.5 Å². The van der Waals surface area contributed by atoms with Crippen LogP contribution in [-0.2, 0) is 4.74 Å². The summed E-state index contributed by atoms with van der Waals surface area (Å²) in [5.41, 5.74) is 1.07. The van der Waals surface area contributed by atoms with Gasteiger partial charge in [-0.2, -0.15) is 0 Å². The van der Waals surface area contributed by atoms with Gasteiger partial charge in [0, 0.05) is 23.7 Å². The van der Waals surface area contributed by atoms with E-state index in [0.29, 0.717) is 6.10 Å². The van der Waals surface area contributed by atoms with Crippen molar-refractivity contribution in [2.24, 2.45) is 0 Å². The molecule has 0 spiro atoms. The number of nitrogens with one attached hydrogen (secondary N) is 1. The molecule has 2 unspecified atom stereocenters. The summed E-state index contributed by atoms with van der Waals surface area (Å²) < 4.78 is 19.3. The molecule has 1 aromatic carbocycles. The van der Waals surface area contributed by atoms with Gasteiger partial charge in [-0.15, -0.1) is 0 Å². The van der Waals surface area contributed by atoms with Crippen molar-refractivity contribution in [2.45, 2.75) is 31.9 Å². The maximum Gasteiger partial charge on any atom is 0.124 e. The highest BCUT2D eigenvalue weighted by molar-refractivity contribution is 9.10. The molecular formula is C13H17BrFNO. The summed E-state index contributed by atoms with van der Waals surface area (Å²) >= 11 is 3.39. The van der Waals surface area contributed by atoms with Gasteiger partial charge in [0.25, 0.3) is 0 Å². The van der Waals surface area contributed by atoms with Gasteiger partial charge < -0.3 is 10.1 Å². The van der Waals surface area contributed by atoms with Gasteiger partial charge in [0.05, 0.1) is 6.10 Å². The number of hydrogen-bond acceptors (Lipinski definition) is 2. The van der Waals surface area contributed by atoms with Crippen LogP contribution in [0.2, 0.25) is 0 Å². The summed E-state index contributed by atoms with van der Waals surface area (Å²) in [4.78, 5) is 0. The lowest BCUT2D eigenvalue weighted by atomic mass is 10.1. The molecule has 1 aliphatic rings. The van der Waals surface area contributed by atoms with Crippen LogP contribution < -0.4 is 5.32 Å².